The monoisotopic (exact) mass is 236 g/mol. The fourth-order valence-corrected chi connectivity index (χ4v) is 1.11. The van der Waals surface area contributed by atoms with Crippen LogP contribution in [-0.4, -0.2) is 36.8 Å². The lowest BCUT2D eigenvalue weighted by Gasteiger charge is -2.04. The predicted octanol–water partition coefficient (Wildman–Crippen LogP) is -0.196. The molecule has 0 aromatic heterocycles. The molecule has 0 spiro atoms. The van der Waals surface area contributed by atoms with Gasteiger partial charge in [-0.1, -0.05) is 0 Å². The highest BCUT2D eigenvalue weighted by molar-refractivity contribution is 7.80. The molecule has 1 unspecified atom stereocenters. The molecular weight excluding hydrogens is 219 g/mol. The summed E-state index contributed by atoms with van der Waals surface area (Å²) >= 11 is 3.94. The van der Waals surface area contributed by atoms with E-state index in [4.69, 9.17) is 0 Å². The van der Waals surface area contributed by atoms with Gasteiger partial charge in [-0.25, -0.2) is 0 Å². The van der Waals surface area contributed by atoms with Crippen LogP contribution >= 0.6 is 21.9 Å². The number of thiol groups is 1. The molecule has 2 amide bonds. The average Bonchev–Trinajstić information content (AvgIpc) is 2.15. The van der Waals surface area contributed by atoms with E-state index in [0.29, 0.717) is 18.8 Å². The van der Waals surface area contributed by atoms with Crippen molar-refractivity contribution in [2.24, 2.45) is 0 Å². The summed E-state index contributed by atoms with van der Waals surface area (Å²) in [5, 5.41) is 5.23. The Balaban J connectivity index is 3.45. The van der Waals surface area contributed by atoms with Crippen LogP contribution in [0.25, 0.3) is 0 Å². The normalized spacial score (nSPS) is 9.57. The van der Waals surface area contributed by atoms with E-state index in [-0.39, 0.29) is 18.2 Å². The molecule has 0 saturated heterocycles. The van der Waals surface area contributed by atoms with E-state index in [0.717, 1.165) is 12.6 Å². The van der Waals surface area contributed by atoms with Crippen molar-refractivity contribution >= 4 is 33.7 Å². The maximum absolute atomic E-state index is 11.1. The highest BCUT2D eigenvalue weighted by Crippen LogP contribution is 1.86. The maximum atomic E-state index is 11.1. The summed E-state index contributed by atoms with van der Waals surface area (Å²) in [5.41, 5.74) is 0. The maximum Gasteiger partial charge on any atom is 0.229 e. The van der Waals surface area contributed by atoms with Gasteiger partial charge in [0.05, 0.1) is 0 Å². The number of carbonyl (C=O) groups is 2. The molecule has 6 heteroatoms. The summed E-state index contributed by atoms with van der Waals surface area (Å²) in [6.45, 7) is 1.13. The van der Waals surface area contributed by atoms with Crippen molar-refractivity contribution in [1.82, 2.24) is 10.6 Å². The van der Waals surface area contributed by atoms with Gasteiger partial charge in [-0.15, -0.1) is 9.24 Å². The van der Waals surface area contributed by atoms with Crippen molar-refractivity contribution in [2.45, 2.75) is 12.8 Å². The van der Waals surface area contributed by atoms with E-state index < -0.39 is 0 Å². The minimum absolute atomic E-state index is 0.0926. The second-order valence-electron chi connectivity index (χ2n) is 2.74. The zero-order chi connectivity index (χ0) is 10.8. The largest absolute Gasteiger partial charge is 0.356 e. The highest BCUT2D eigenvalue weighted by atomic mass is 32.1. The van der Waals surface area contributed by atoms with Gasteiger partial charge in [0.15, 0.2) is 0 Å². The first-order valence-corrected chi connectivity index (χ1v) is 6.00. The molecule has 0 aliphatic carbocycles. The van der Waals surface area contributed by atoms with Gasteiger partial charge >= 0.3 is 0 Å². The van der Waals surface area contributed by atoms with Crippen molar-refractivity contribution in [3.8, 4) is 0 Å². The van der Waals surface area contributed by atoms with E-state index in [1.54, 1.807) is 0 Å². The topological polar surface area (TPSA) is 58.2 Å². The van der Waals surface area contributed by atoms with Crippen molar-refractivity contribution in [1.29, 1.82) is 0 Å². The molecule has 0 rings (SSSR count). The first-order chi connectivity index (χ1) is 6.70. The Morgan fingerprint density at radius 2 is 1.71 bits per heavy atom. The summed E-state index contributed by atoms with van der Waals surface area (Å²) in [5.74, 6) is 0.114. The molecule has 0 aromatic rings. The SMILES string of the molecule is O=C(CC(=O)NCCCP)NCCS. The van der Waals surface area contributed by atoms with Gasteiger partial charge < -0.3 is 10.6 Å². The molecule has 0 heterocycles. The van der Waals surface area contributed by atoms with Crippen LogP contribution in [0.15, 0.2) is 0 Å². The van der Waals surface area contributed by atoms with E-state index in [1.165, 1.54) is 0 Å². The molecule has 0 aromatic carbocycles. The second kappa shape index (κ2) is 9.28. The quantitative estimate of drug-likeness (QED) is 0.248. The molecule has 4 nitrogen and oxygen atoms in total. The number of carbonyl (C=O) groups excluding carboxylic acids is 2. The van der Waals surface area contributed by atoms with Gasteiger partial charge in [0.1, 0.15) is 6.42 Å². The Labute approximate surface area is 92.2 Å². The summed E-state index contributed by atoms with van der Waals surface area (Å²) in [4.78, 5) is 22.1. The zero-order valence-electron chi connectivity index (χ0n) is 8.08. The molecular formula is C8H17N2O2PS. The number of amides is 2. The lowest BCUT2D eigenvalue weighted by Crippen LogP contribution is -2.33. The molecule has 0 aliphatic rings. The lowest BCUT2D eigenvalue weighted by atomic mass is 10.3. The summed E-state index contributed by atoms with van der Waals surface area (Å²) in [6.07, 6.45) is 1.77. The fourth-order valence-electron chi connectivity index (χ4n) is 0.796. The number of hydrogen-bond acceptors (Lipinski definition) is 3. The number of rotatable bonds is 7. The van der Waals surface area contributed by atoms with Gasteiger partial charge in [-0.05, 0) is 12.6 Å². The van der Waals surface area contributed by atoms with Crippen LogP contribution in [0.3, 0.4) is 0 Å². The van der Waals surface area contributed by atoms with E-state index in [2.05, 4.69) is 32.5 Å². The van der Waals surface area contributed by atoms with E-state index in [1.807, 2.05) is 0 Å². The van der Waals surface area contributed by atoms with Crippen molar-refractivity contribution in [3.05, 3.63) is 0 Å². The van der Waals surface area contributed by atoms with Crippen LogP contribution in [0, 0.1) is 0 Å². The van der Waals surface area contributed by atoms with Crippen LogP contribution in [0.4, 0.5) is 0 Å². The summed E-state index contributed by atoms with van der Waals surface area (Å²) in [7, 11) is 2.58. The van der Waals surface area contributed by atoms with Gasteiger partial charge in [-0.2, -0.15) is 12.6 Å². The average molecular weight is 236 g/mol. The van der Waals surface area contributed by atoms with Crippen LogP contribution in [0.5, 0.6) is 0 Å². The van der Waals surface area contributed by atoms with Gasteiger partial charge in [0, 0.05) is 18.8 Å². The van der Waals surface area contributed by atoms with Crippen LogP contribution in [0.1, 0.15) is 12.8 Å². The van der Waals surface area contributed by atoms with Gasteiger partial charge in [-0.3, -0.25) is 9.59 Å². The number of hydrogen-bond donors (Lipinski definition) is 3. The zero-order valence-corrected chi connectivity index (χ0v) is 10.1. The molecule has 0 aliphatic heterocycles. The minimum Gasteiger partial charge on any atom is -0.356 e. The van der Waals surface area contributed by atoms with Gasteiger partial charge in [0.25, 0.3) is 0 Å². The van der Waals surface area contributed by atoms with Crippen LogP contribution in [0.2, 0.25) is 0 Å². The first-order valence-electron chi connectivity index (χ1n) is 4.55. The van der Waals surface area contributed by atoms with Crippen molar-refractivity contribution in [3.63, 3.8) is 0 Å². The Kier molecular flexibility index (Phi) is 9.10. The second-order valence-corrected chi connectivity index (χ2v) is 3.77. The summed E-state index contributed by atoms with van der Waals surface area (Å²) < 4.78 is 0. The Hall–Kier alpha value is -0.280. The van der Waals surface area contributed by atoms with E-state index >= 15 is 0 Å². The van der Waals surface area contributed by atoms with Crippen molar-refractivity contribution < 1.29 is 9.59 Å². The van der Waals surface area contributed by atoms with Crippen LogP contribution in [-0.2, 0) is 9.59 Å². The highest BCUT2D eigenvalue weighted by Gasteiger charge is 2.07. The van der Waals surface area contributed by atoms with Crippen LogP contribution < -0.4 is 10.6 Å². The molecule has 0 fully saturated rings. The summed E-state index contributed by atoms with van der Waals surface area (Å²) in [6, 6.07) is 0. The van der Waals surface area contributed by atoms with E-state index in [9.17, 15) is 9.59 Å². The Morgan fingerprint density at radius 1 is 1.14 bits per heavy atom. The molecule has 82 valence electrons. The molecule has 1 atom stereocenters. The standard InChI is InChI=1S/C8H17N2O2PS/c11-7(9-2-1-4-13)6-8(12)10-3-5-14/h14H,1-6,13H2,(H,9,11)(H,10,12). The molecule has 14 heavy (non-hydrogen) atoms. The Bertz CT molecular complexity index is 190. The third-order valence-corrected chi connectivity index (χ3v) is 2.09. The van der Waals surface area contributed by atoms with Crippen molar-refractivity contribution in [2.75, 3.05) is 25.0 Å². The number of nitrogens with one attached hydrogen (secondary N) is 2. The minimum atomic E-state index is -0.248. The molecule has 0 saturated carbocycles. The third kappa shape index (κ3) is 8.32. The predicted molar refractivity (Wildman–Crippen MR) is 63.7 cm³/mol. The molecule has 2 N–H and O–H groups in total. The third-order valence-electron chi connectivity index (χ3n) is 1.46. The first kappa shape index (κ1) is 13.7. The fraction of sp³-hybridized carbons (Fsp3) is 0.750. The Morgan fingerprint density at radius 3 is 2.21 bits per heavy atom. The molecule has 0 radical (unpaired) electrons. The smallest absolute Gasteiger partial charge is 0.229 e. The molecule has 0 bridgehead atoms. The lowest BCUT2D eigenvalue weighted by molar-refractivity contribution is -0.129. The van der Waals surface area contributed by atoms with Gasteiger partial charge in [0.2, 0.25) is 11.8 Å².